The molecule has 1 heterocycles. The summed E-state index contributed by atoms with van der Waals surface area (Å²) < 4.78 is 44.4. The number of benzene rings is 2. The van der Waals surface area contributed by atoms with Gasteiger partial charge in [0.25, 0.3) is 0 Å². The number of nitrogens with zero attached hydrogens (tertiary/aromatic N) is 2. The molecule has 1 aromatic heterocycles. The molecule has 8 heteroatoms. The summed E-state index contributed by atoms with van der Waals surface area (Å²) in [5, 5.41) is 4.08. The van der Waals surface area contributed by atoms with Gasteiger partial charge in [-0.05, 0) is 114 Å². The molecule has 0 radical (unpaired) electrons. The SMILES string of the molecule is CC(C)Oc1ccc(-c2cccc(N(CC34CCC(c5cc(C(C)(F)F)on5)(CC3)CC4)C(=O)OC(C)(C)C)c2)cc1. The Morgan fingerprint density at radius 1 is 0.952 bits per heavy atom. The molecule has 1 amide bonds. The number of ether oxygens (including phenoxy) is 2. The van der Waals surface area contributed by atoms with Crippen molar-refractivity contribution in [3.8, 4) is 16.9 Å². The van der Waals surface area contributed by atoms with E-state index in [-0.39, 0.29) is 28.8 Å². The Bertz CT molecular complexity index is 1380. The summed E-state index contributed by atoms with van der Waals surface area (Å²) in [6.45, 7) is 11.0. The van der Waals surface area contributed by atoms with Crippen molar-refractivity contribution in [2.24, 2.45) is 5.41 Å². The topological polar surface area (TPSA) is 64.8 Å². The van der Waals surface area contributed by atoms with Crippen LogP contribution in [0.2, 0.25) is 0 Å². The summed E-state index contributed by atoms with van der Waals surface area (Å²) in [6, 6.07) is 17.4. The monoisotopic (exact) mass is 580 g/mol. The summed E-state index contributed by atoms with van der Waals surface area (Å²) in [4.78, 5) is 15.5. The minimum atomic E-state index is -3.05. The van der Waals surface area contributed by atoms with Gasteiger partial charge in [0.05, 0.1) is 11.8 Å². The van der Waals surface area contributed by atoms with Crippen LogP contribution >= 0.6 is 0 Å². The molecule has 42 heavy (non-hydrogen) atoms. The Balaban J connectivity index is 1.38. The summed E-state index contributed by atoms with van der Waals surface area (Å²) in [7, 11) is 0. The molecule has 0 saturated heterocycles. The first-order chi connectivity index (χ1) is 19.7. The molecule has 2 aromatic carbocycles. The van der Waals surface area contributed by atoms with Gasteiger partial charge in [0.2, 0.25) is 5.76 Å². The lowest BCUT2D eigenvalue weighted by atomic mass is 9.52. The molecule has 3 aliphatic carbocycles. The molecule has 0 atom stereocenters. The predicted octanol–water partition coefficient (Wildman–Crippen LogP) is 9.27. The van der Waals surface area contributed by atoms with Gasteiger partial charge >= 0.3 is 12.0 Å². The number of anilines is 1. The number of hydrogen-bond acceptors (Lipinski definition) is 5. The number of amides is 1. The molecule has 0 spiro atoms. The Kier molecular flexibility index (Phi) is 7.88. The second kappa shape index (κ2) is 11.0. The van der Waals surface area contributed by atoms with E-state index in [0.29, 0.717) is 12.2 Å². The van der Waals surface area contributed by atoms with E-state index in [0.717, 1.165) is 68.0 Å². The highest BCUT2D eigenvalue weighted by Crippen LogP contribution is 2.58. The summed E-state index contributed by atoms with van der Waals surface area (Å²) in [5.74, 6) is -2.62. The van der Waals surface area contributed by atoms with Crippen molar-refractivity contribution in [3.05, 3.63) is 66.1 Å². The number of rotatable bonds is 8. The summed E-state index contributed by atoms with van der Waals surface area (Å²) >= 11 is 0. The van der Waals surface area contributed by atoms with E-state index in [1.165, 1.54) is 6.07 Å². The van der Waals surface area contributed by atoms with Crippen LogP contribution in [0.3, 0.4) is 0 Å². The van der Waals surface area contributed by atoms with Crippen molar-refractivity contribution in [2.75, 3.05) is 11.4 Å². The van der Waals surface area contributed by atoms with Crippen molar-refractivity contribution in [1.29, 1.82) is 0 Å². The second-order valence-corrected chi connectivity index (χ2v) is 13.6. The van der Waals surface area contributed by atoms with Crippen LogP contribution < -0.4 is 9.64 Å². The highest BCUT2D eigenvalue weighted by Gasteiger charge is 2.52. The van der Waals surface area contributed by atoms with E-state index in [1.54, 1.807) is 4.90 Å². The number of fused-ring (bicyclic) bond motifs is 3. The van der Waals surface area contributed by atoms with Crippen LogP contribution in [-0.4, -0.2) is 29.5 Å². The van der Waals surface area contributed by atoms with Crippen LogP contribution in [0.4, 0.5) is 19.3 Å². The van der Waals surface area contributed by atoms with E-state index >= 15 is 0 Å². The molecular formula is C34H42F2N2O4. The molecule has 0 aliphatic heterocycles. The van der Waals surface area contributed by atoms with Gasteiger partial charge in [-0.2, -0.15) is 8.78 Å². The number of halogens is 2. The predicted molar refractivity (Wildman–Crippen MR) is 159 cm³/mol. The van der Waals surface area contributed by atoms with Gasteiger partial charge in [-0.25, -0.2) is 4.79 Å². The van der Waals surface area contributed by atoms with Crippen molar-refractivity contribution in [3.63, 3.8) is 0 Å². The van der Waals surface area contributed by atoms with Crippen LogP contribution in [0, 0.1) is 5.41 Å². The highest BCUT2D eigenvalue weighted by molar-refractivity contribution is 5.89. The maximum Gasteiger partial charge on any atom is 0.414 e. The zero-order valence-corrected chi connectivity index (χ0v) is 25.5. The van der Waals surface area contributed by atoms with E-state index < -0.39 is 11.5 Å². The fourth-order valence-electron chi connectivity index (χ4n) is 6.38. The molecular weight excluding hydrogens is 538 g/mol. The van der Waals surface area contributed by atoms with Crippen molar-refractivity contribution >= 4 is 11.8 Å². The highest BCUT2D eigenvalue weighted by atomic mass is 19.3. The molecule has 0 N–H and O–H groups in total. The zero-order chi connectivity index (χ0) is 30.3. The molecule has 3 aliphatic rings. The molecule has 3 saturated carbocycles. The smallest absolute Gasteiger partial charge is 0.414 e. The molecule has 6 rings (SSSR count). The van der Waals surface area contributed by atoms with Crippen molar-refractivity contribution in [2.45, 2.75) is 103 Å². The number of hydrogen-bond donors (Lipinski definition) is 0. The third-order valence-corrected chi connectivity index (χ3v) is 8.71. The fraction of sp³-hybridized carbons (Fsp3) is 0.529. The largest absolute Gasteiger partial charge is 0.491 e. The van der Waals surface area contributed by atoms with Gasteiger partial charge in [-0.15, -0.1) is 0 Å². The lowest BCUT2D eigenvalue weighted by Crippen LogP contribution is -2.51. The molecule has 2 bridgehead atoms. The molecule has 6 nitrogen and oxygen atoms in total. The second-order valence-electron chi connectivity index (χ2n) is 13.6. The number of carbonyl (C=O) groups is 1. The minimum absolute atomic E-state index is 0.0915. The zero-order valence-electron chi connectivity index (χ0n) is 25.5. The summed E-state index contributed by atoms with van der Waals surface area (Å²) in [6.07, 6.45) is 4.79. The third kappa shape index (κ3) is 6.47. The molecule has 3 aromatic rings. The van der Waals surface area contributed by atoms with Crippen LogP contribution in [0.25, 0.3) is 11.1 Å². The maximum atomic E-state index is 13.8. The van der Waals surface area contributed by atoms with E-state index in [4.69, 9.17) is 14.0 Å². The number of alkyl halides is 2. The Labute approximate surface area is 247 Å². The van der Waals surface area contributed by atoms with E-state index in [9.17, 15) is 13.6 Å². The normalized spacial score (nSPS) is 22.3. The Morgan fingerprint density at radius 3 is 2.14 bits per heavy atom. The van der Waals surface area contributed by atoms with Gasteiger partial charge in [0.15, 0.2) is 0 Å². The van der Waals surface area contributed by atoms with Gasteiger partial charge in [-0.3, -0.25) is 4.90 Å². The lowest BCUT2D eigenvalue weighted by Gasteiger charge is -2.53. The number of aromatic nitrogens is 1. The minimum Gasteiger partial charge on any atom is -0.491 e. The van der Waals surface area contributed by atoms with Gasteiger partial charge < -0.3 is 14.0 Å². The van der Waals surface area contributed by atoms with Crippen molar-refractivity contribution < 1.29 is 27.6 Å². The first-order valence-corrected chi connectivity index (χ1v) is 14.9. The molecule has 3 fully saturated rings. The van der Waals surface area contributed by atoms with E-state index in [1.807, 2.05) is 83.1 Å². The first-order valence-electron chi connectivity index (χ1n) is 14.9. The Hall–Kier alpha value is -3.42. The van der Waals surface area contributed by atoms with E-state index in [2.05, 4.69) is 5.16 Å². The van der Waals surface area contributed by atoms with Crippen molar-refractivity contribution in [1.82, 2.24) is 5.16 Å². The van der Waals surface area contributed by atoms with Gasteiger partial charge in [-0.1, -0.05) is 29.4 Å². The van der Waals surface area contributed by atoms with Crippen LogP contribution in [0.1, 0.15) is 91.5 Å². The summed E-state index contributed by atoms with van der Waals surface area (Å²) in [5.41, 5.74) is 2.46. The van der Waals surface area contributed by atoms with Crippen LogP contribution in [-0.2, 0) is 16.1 Å². The van der Waals surface area contributed by atoms with Crippen LogP contribution in [0.15, 0.2) is 59.1 Å². The number of carbonyl (C=O) groups excluding carboxylic acids is 1. The quantitative estimate of drug-likeness (QED) is 0.266. The maximum absolute atomic E-state index is 13.8. The van der Waals surface area contributed by atoms with Crippen LogP contribution in [0.5, 0.6) is 5.75 Å². The fourth-order valence-corrected chi connectivity index (χ4v) is 6.38. The molecule has 0 unspecified atom stereocenters. The third-order valence-electron chi connectivity index (χ3n) is 8.71. The average molecular weight is 581 g/mol. The standard InChI is InChI=1S/C34H42F2N2O4/c1-23(2)40-27-12-10-24(11-13-27)25-8-7-9-26(20-25)38(30(39)41-31(3,4)5)22-33-14-17-34(18-15-33,19-16-33)28-21-29(42-37-28)32(6,35)36/h7-13,20-21,23H,14-19,22H2,1-6H3. The molecule has 226 valence electrons. The first kappa shape index (κ1) is 30.1. The lowest BCUT2D eigenvalue weighted by molar-refractivity contribution is -0.0108. The van der Waals surface area contributed by atoms with Gasteiger partial charge in [0, 0.05) is 30.6 Å². The Morgan fingerprint density at radius 2 is 1.60 bits per heavy atom. The van der Waals surface area contributed by atoms with Gasteiger partial charge in [0.1, 0.15) is 11.4 Å². The average Bonchev–Trinajstić information content (AvgIpc) is 3.44.